The van der Waals surface area contributed by atoms with Crippen LogP contribution >= 0.6 is 27.5 Å². The molecule has 0 aromatic heterocycles. The fraction of sp³-hybridized carbons (Fsp3) is 0. The Hall–Kier alpha value is -1.38. The minimum absolute atomic E-state index is 0.0310. The highest BCUT2D eigenvalue weighted by Crippen LogP contribution is 2.28. The third-order valence-electron chi connectivity index (χ3n) is 2.48. The fourth-order valence-electron chi connectivity index (χ4n) is 1.55. The van der Waals surface area contributed by atoms with Gasteiger partial charge in [0.2, 0.25) is 0 Å². The summed E-state index contributed by atoms with van der Waals surface area (Å²) in [5.74, 6) is -1.97. The fourth-order valence-corrected chi connectivity index (χ4v) is 3.39. The van der Waals surface area contributed by atoms with Gasteiger partial charge in [-0.3, -0.25) is 4.72 Å². The zero-order chi connectivity index (χ0) is 15.8. The molecule has 0 saturated carbocycles. The Morgan fingerprint density at radius 3 is 2.52 bits per heavy atom. The zero-order valence-corrected chi connectivity index (χ0v) is 13.4. The Balaban J connectivity index is 2.51. The Labute approximate surface area is 133 Å². The van der Waals surface area contributed by atoms with Crippen LogP contribution in [-0.2, 0) is 10.0 Å². The first kappa shape index (κ1) is 16.0. The summed E-state index contributed by atoms with van der Waals surface area (Å²) in [7, 11) is -4.38. The molecular weight excluding hydrogens is 390 g/mol. The SMILES string of the molecule is Nc1cc(Cl)c(F)c(S(=O)(=O)Nc2cc(Br)ccc2F)c1. The third kappa shape index (κ3) is 3.45. The lowest BCUT2D eigenvalue weighted by molar-refractivity contribution is 0.570. The lowest BCUT2D eigenvalue weighted by atomic mass is 10.3. The predicted octanol–water partition coefficient (Wildman–Crippen LogP) is 3.76. The van der Waals surface area contributed by atoms with Crippen LogP contribution < -0.4 is 10.5 Å². The number of nitrogens with one attached hydrogen (secondary N) is 1. The Bertz CT molecular complexity index is 815. The number of rotatable bonds is 3. The van der Waals surface area contributed by atoms with Gasteiger partial charge in [0.15, 0.2) is 5.82 Å². The van der Waals surface area contributed by atoms with Gasteiger partial charge in [-0.1, -0.05) is 27.5 Å². The van der Waals surface area contributed by atoms with Crippen molar-refractivity contribution in [2.24, 2.45) is 0 Å². The van der Waals surface area contributed by atoms with Crippen molar-refractivity contribution in [3.8, 4) is 0 Å². The van der Waals surface area contributed by atoms with Gasteiger partial charge in [0, 0.05) is 10.2 Å². The molecule has 0 spiro atoms. The van der Waals surface area contributed by atoms with Crippen molar-refractivity contribution in [1.82, 2.24) is 0 Å². The summed E-state index contributed by atoms with van der Waals surface area (Å²) >= 11 is 8.64. The number of benzene rings is 2. The molecule has 0 bridgehead atoms. The summed E-state index contributed by atoms with van der Waals surface area (Å²) in [5, 5.41) is -0.440. The van der Waals surface area contributed by atoms with E-state index in [2.05, 4.69) is 15.9 Å². The van der Waals surface area contributed by atoms with E-state index in [1.54, 1.807) is 0 Å². The number of nitrogen functional groups attached to an aromatic ring is 1. The molecule has 2 aromatic rings. The smallest absolute Gasteiger partial charge is 0.265 e. The first-order chi connectivity index (χ1) is 9.70. The van der Waals surface area contributed by atoms with Crippen LogP contribution in [0.3, 0.4) is 0 Å². The van der Waals surface area contributed by atoms with Gasteiger partial charge in [-0.2, -0.15) is 0 Å². The van der Waals surface area contributed by atoms with Crippen LogP contribution in [0.15, 0.2) is 39.7 Å². The number of hydrogen-bond donors (Lipinski definition) is 2. The standard InChI is InChI=1S/C12H8BrClF2N2O2S/c13-6-1-2-9(15)10(3-6)18-21(19,20)11-5-7(17)4-8(14)12(11)16/h1-5,18H,17H2. The summed E-state index contributed by atoms with van der Waals surface area (Å²) in [6.07, 6.45) is 0. The average molecular weight is 398 g/mol. The molecule has 0 aliphatic carbocycles. The Morgan fingerprint density at radius 2 is 1.86 bits per heavy atom. The summed E-state index contributed by atoms with van der Waals surface area (Å²) < 4.78 is 54.1. The second-order valence-corrected chi connectivity index (χ2v) is 7.02. The van der Waals surface area contributed by atoms with Gasteiger partial charge >= 0.3 is 0 Å². The molecule has 0 amide bonds. The molecule has 4 nitrogen and oxygen atoms in total. The first-order valence-electron chi connectivity index (χ1n) is 5.43. The number of nitrogens with two attached hydrogens (primary N) is 1. The van der Waals surface area contributed by atoms with E-state index in [0.717, 1.165) is 18.2 Å². The predicted molar refractivity (Wildman–Crippen MR) is 80.7 cm³/mol. The molecule has 0 atom stereocenters. The largest absolute Gasteiger partial charge is 0.399 e. The molecule has 21 heavy (non-hydrogen) atoms. The van der Waals surface area contributed by atoms with Crippen LogP contribution in [0.5, 0.6) is 0 Å². The van der Waals surface area contributed by atoms with Crippen molar-refractivity contribution < 1.29 is 17.2 Å². The molecule has 2 aromatic carbocycles. The van der Waals surface area contributed by atoms with Crippen LogP contribution in [0.1, 0.15) is 0 Å². The first-order valence-corrected chi connectivity index (χ1v) is 8.08. The number of sulfonamides is 1. The normalized spacial score (nSPS) is 11.4. The van der Waals surface area contributed by atoms with Crippen LogP contribution in [-0.4, -0.2) is 8.42 Å². The van der Waals surface area contributed by atoms with Crippen molar-refractivity contribution in [2.45, 2.75) is 4.90 Å². The highest BCUT2D eigenvalue weighted by molar-refractivity contribution is 9.10. The van der Waals surface area contributed by atoms with Gasteiger partial charge in [0.05, 0.1) is 10.7 Å². The van der Waals surface area contributed by atoms with E-state index in [1.807, 2.05) is 4.72 Å². The van der Waals surface area contributed by atoms with Crippen LogP contribution in [0.25, 0.3) is 0 Å². The maximum Gasteiger partial charge on any atom is 0.265 e. The van der Waals surface area contributed by atoms with E-state index >= 15 is 0 Å². The quantitative estimate of drug-likeness (QED) is 0.775. The molecule has 0 aliphatic heterocycles. The molecule has 2 rings (SSSR count). The monoisotopic (exact) mass is 396 g/mol. The molecule has 0 saturated heterocycles. The maximum absolute atomic E-state index is 13.9. The highest BCUT2D eigenvalue weighted by Gasteiger charge is 2.23. The van der Waals surface area contributed by atoms with Crippen LogP contribution in [0.2, 0.25) is 5.02 Å². The molecular formula is C12H8BrClF2N2O2S. The maximum atomic E-state index is 13.9. The van der Waals surface area contributed by atoms with Crippen molar-refractivity contribution in [3.05, 3.63) is 51.5 Å². The minimum Gasteiger partial charge on any atom is -0.399 e. The summed E-state index contributed by atoms with van der Waals surface area (Å²) in [6, 6.07) is 5.64. The van der Waals surface area contributed by atoms with E-state index in [-0.39, 0.29) is 11.4 Å². The van der Waals surface area contributed by atoms with E-state index < -0.39 is 31.6 Å². The summed E-state index contributed by atoms with van der Waals surface area (Å²) in [5.41, 5.74) is 5.09. The molecule has 0 aliphatic rings. The minimum atomic E-state index is -4.38. The second kappa shape index (κ2) is 5.78. The van der Waals surface area contributed by atoms with E-state index in [4.69, 9.17) is 17.3 Å². The molecule has 112 valence electrons. The zero-order valence-electron chi connectivity index (χ0n) is 10.2. The van der Waals surface area contributed by atoms with E-state index in [0.29, 0.717) is 4.47 Å². The van der Waals surface area contributed by atoms with Crippen molar-refractivity contribution >= 4 is 48.9 Å². The molecule has 0 heterocycles. The topological polar surface area (TPSA) is 72.2 Å². The lowest BCUT2D eigenvalue weighted by Crippen LogP contribution is -2.16. The molecule has 9 heteroatoms. The lowest BCUT2D eigenvalue weighted by Gasteiger charge is -2.11. The summed E-state index contributed by atoms with van der Waals surface area (Å²) in [4.78, 5) is -0.758. The van der Waals surface area contributed by atoms with Gasteiger partial charge in [-0.15, -0.1) is 0 Å². The Kier molecular flexibility index (Phi) is 4.40. The van der Waals surface area contributed by atoms with Gasteiger partial charge in [0.1, 0.15) is 10.7 Å². The van der Waals surface area contributed by atoms with E-state index in [9.17, 15) is 17.2 Å². The van der Waals surface area contributed by atoms with Gasteiger partial charge in [-0.05, 0) is 30.3 Å². The average Bonchev–Trinajstić information content (AvgIpc) is 2.37. The third-order valence-corrected chi connectivity index (χ3v) is 4.61. The summed E-state index contributed by atoms with van der Waals surface area (Å²) in [6.45, 7) is 0. The van der Waals surface area contributed by atoms with Crippen LogP contribution in [0, 0.1) is 11.6 Å². The molecule has 0 fully saturated rings. The van der Waals surface area contributed by atoms with Crippen molar-refractivity contribution in [3.63, 3.8) is 0 Å². The van der Waals surface area contributed by atoms with Crippen molar-refractivity contribution in [2.75, 3.05) is 10.5 Å². The molecule has 0 unspecified atom stereocenters. The van der Waals surface area contributed by atoms with Crippen LogP contribution in [0.4, 0.5) is 20.2 Å². The Morgan fingerprint density at radius 1 is 1.19 bits per heavy atom. The van der Waals surface area contributed by atoms with Gasteiger partial charge in [-0.25, -0.2) is 17.2 Å². The van der Waals surface area contributed by atoms with Gasteiger partial charge in [0.25, 0.3) is 10.0 Å². The highest BCUT2D eigenvalue weighted by atomic mass is 79.9. The van der Waals surface area contributed by atoms with Gasteiger partial charge < -0.3 is 5.73 Å². The molecule has 0 radical (unpaired) electrons. The van der Waals surface area contributed by atoms with Crippen molar-refractivity contribution in [1.29, 1.82) is 0 Å². The molecule has 3 N–H and O–H groups in total. The van der Waals surface area contributed by atoms with E-state index in [1.165, 1.54) is 12.1 Å². The number of halogens is 4. The second-order valence-electron chi connectivity index (χ2n) is 4.04. The number of hydrogen-bond acceptors (Lipinski definition) is 3. The number of anilines is 2.